The quantitative estimate of drug-likeness (QED) is 0.625. The maximum absolute atomic E-state index is 12.1. The Morgan fingerprint density at radius 3 is 2.25 bits per heavy atom. The number of rotatable bonds is 3. The molecule has 0 atom stereocenters. The van der Waals surface area contributed by atoms with Gasteiger partial charge in [0, 0.05) is 10.4 Å². The average molecular weight is 366 g/mol. The van der Waals surface area contributed by atoms with Gasteiger partial charge in [-0.15, -0.1) is 13.2 Å². The molecule has 0 radical (unpaired) electrons. The zero-order valence-corrected chi connectivity index (χ0v) is 12.4. The lowest BCUT2D eigenvalue weighted by Crippen LogP contribution is -2.16. The van der Waals surface area contributed by atoms with Crippen LogP contribution >= 0.6 is 27.5 Å². The van der Waals surface area contributed by atoms with Crippen LogP contribution in [-0.2, 0) is 5.33 Å². The highest BCUT2D eigenvalue weighted by Crippen LogP contribution is 2.32. The van der Waals surface area contributed by atoms with Gasteiger partial charge < -0.3 is 4.74 Å². The predicted molar refractivity (Wildman–Crippen MR) is 76.2 cm³/mol. The van der Waals surface area contributed by atoms with E-state index in [-0.39, 0.29) is 5.75 Å². The van der Waals surface area contributed by atoms with Crippen molar-refractivity contribution in [2.24, 2.45) is 0 Å². The Morgan fingerprint density at radius 2 is 1.70 bits per heavy atom. The molecule has 0 bridgehead atoms. The molecule has 0 amide bonds. The highest BCUT2D eigenvalue weighted by atomic mass is 79.9. The normalized spacial score (nSPS) is 11.4. The number of hydrogen-bond acceptors (Lipinski definition) is 1. The third-order valence-electron chi connectivity index (χ3n) is 2.65. The van der Waals surface area contributed by atoms with Crippen LogP contribution in [0.1, 0.15) is 5.56 Å². The minimum atomic E-state index is -4.68. The van der Waals surface area contributed by atoms with Crippen LogP contribution in [0.25, 0.3) is 11.1 Å². The van der Waals surface area contributed by atoms with E-state index in [1.54, 1.807) is 24.3 Å². The summed E-state index contributed by atoms with van der Waals surface area (Å²) in [5, 5.41) is 1.16. The molecule has 2 aromatic carbocycles. The largest absolute Gasteiger partial charge is 0.573 e. The van der Waals surface area contributed by atoms with E-state index in [2.05, 4.69) is 20.7 Å². The van der Waals surface area contributed by atoms with Gasteiger partial charge in [0.2, 0.25) is 0 Å². The second-order valence-corrected chi connectivity index (χ2v) is 4.94. The highest BCUT2D eigenvalue weighted by Gasteiger charge is 2.30. The van der Waals surface area contributed by atoms with Gasteiger partial charge in [0.15, 0.2) is 0 Å². The molecule has 0 unspecified atom stereocenters. The smallest absolute Gasteiger partial charge is 0.406 e. The first-order valence-electron chi connectivity index (χ1n) is 5.60. The molecule has 0 aliphatic rings. The zero-order chi connectivity index (χ0) is 14.8. The van der Waals surface area contributed by atoms with E-state index in [4.69, 9.17) is 11.6 Å². The molecule has 0 N–H and O–H groups in total. The lowest BCUT2D eigenvalue weighted by atomic mass is 10.0. The van der Waals surface area contributed by atoms with Gasteiger partial charge in [-0.25, -0.2) is 0 Å². The molecule has 0 heterocycles. The molecule has 106 valence electrons. The Kier molecular flexibility index (Phi) is 4.60. The molecular formula is C14H9BrClF3O. The summed E-state index contributed by atoms with van der Waals surface area (Å²) in [5.41, 5.74) is 2.53. The van der Waals surface area contributed by atoms with E-state index < -0.39 is 6.36 Å². The van der Waals surface area contributed by atoms with Crippen molar-refractivity contribution >= 4 is 27.5 Å². The fourth-order valence-electron chi connectivity index (χ4n) is 1.80. The summed E-state index contributed by atoms with van der Waals surface area (Å²) in [6.07, 6.45) is -4.68. The minimum Gasteiger partial charge on any atom is -0.406 e. The van der Waals surface area contributed by atoms with E-state index in [9.17, 15) is 13.2 Å². The summed E-state index contributed by atoms with van der Waals surface area (Å²) in [5.74, 6) is -0.247. The standard InChI is InChI=1S/C14H9BrClF3O/c15-8-12-11(2-1-3-13(12)16)9-4-6-10(7-5-9)20-14(17,18)19/h1-7H,8H2. The molecule has 0 saturated carbocycles. The second kappa shape index (κ2) is 6.06. The molecule has 0 aromatic heterocycles. The summed E-state index contributed by atoms with van der Waals surface area (Å²) in [6.45, 7) is 0. The first-order valence-corrected chi connectivity index (χ1v) is 7.10. The van der Waals surface area contributed by atoms with Gasteiger partial charge in [-0.05, 0) is 34.9 Å². The van der Waals surface area contributed by atoms with E-state index >= 15 is 0 Å². The zero-order valence-electron chi connectivity index (χ0n) is 10.0. The molecule has 1 nitrogen and oxygen atoms in total. The highest BCUT2D eigenvalue weighted by molar-refractivity contribution is 9.08. The summed E-state index contributed by atoms with van der Waals surface area (Å²) < 4.78 is 40.1. The number of benzene rings is 2. The van der Waals surface area contributed by atoms with Crippen LogP contribution in [0.3, 0.4) is 0 Å². The number of halogens is 5. The van der Waals surface area contributed by atoms with Crippen molar-refractivity contribution in [3.63, 3.8) is 0 Å². The SMILES string of the molecule is FC(F)(F)Oc1ccc(-c2cccc(Cl)c2CBr)cc1. The molecule has 2 aromatic rings. The predicted octanol–water partition coefficient (Wildman–Crippen LogP) is 5.80. The van der Waals surface area contributed by atoms with Crippen LogP contribution in [0.5, 0.6) is 5.75 Å². The fraction of sp³-hybridized carbons (Fsp3) is 0.143. The van der Waals surface area contributed by atoms with Crippen LogP contribution in [0.15, 0.2) is 42.5 Å². The lowest BCUT2D eigenvalue weighted by molar-refractivity contribution is -0.274. The number of ether oxygens (including phenoxy) is 1. The first-order chi connectivity index (χ1) is 9.40. The Hall–Kier alpha value is -1.20. The molecule has 2 rings (SSSR count). The minimum absolute atomic E-state index is 0.247. The average Bonchev–Trinajstić information content (AvgIpc) is 2.37. The molecule has 0 aliphatic heterocycles. The third kappa shape index (κ3) is 3.67. The van der Waals surface area contributed by atoms with Crippen molar-refractivity contribution in [3.8, 4) is 16.9 Å². The maximum atomic E-state index is 12.1. The summed E-state index contributed by atoms with van der Waals surface area (Å²) in [4.78, 5) is 0. The summed E-state index contributed by atoms with van der Waals surface area (Å²) in [6, 6.07) is 11.1. The Bertz CT molecular complexity index is 596. The van der Waals surface area contributed by atoms with Crippen molar-refractivity contribution in [2.75, 3.05) is 0 Å². The Balaban J connectivity index is 2.33. The van der Waals surface area contributed by atoms with Gasteiger partial charge in [0.1, 0.15) is 5.75 Å². The summed E-state index contributed by atoms with van der Waals surface area (Å²) >= 11 is 9.45. The van der Waals surface area contributed by atoms with Crippen molar-refractivity contribution in [3.05, 3.63) is 53.1 Å². The van der Waals surface area contributed by atoms with Gasteiger partial charge in [-0.3, -0.25) is 0 Å². The summed E-state index contributed by atoms with van der Waals surface area (Å²) in [7, 11) is 0. The molecule has 0 saturated heterocycles. The maximum Gasteiger partial charge on any atom is 0.573 e. The lowest BCUT2D eigenvalue weighted by Gasteiger charge is -2.11. The fourth-order valence-corrected chi connectivity index (χ4v) is 2.81. The van der Waals surface area contributed by atoms with Crippen LogP contribution in [0.2, 0.25) is 5.02 Å². The Labute approximate surface area is 127 Å². The topological polar surface area (TPSA) is 9.23 Å². The number of alkyl halides is 4. The molecule has 20 heavy (non-hydrogen) atoms. The van der Waals surface area contributed by atoms with Crippen LogP contribution in [0.4, 0.5) is 13.2 Å². The first kappa shape index (κ1) is 15.2. The van der Waals surface area contributed by atoms with Crippen LogP contribution in [-0.4, -0.2) is 6.36 Å². The van der Waals surface area contributed by atoms with Crippen molar-refractivity contribution in [1.82, 2.24) is 0 Å². The molecule has 0 fully saturated rings. The van der Waals surface area contributed by atoms with Gasteiger partial charge >= 0.3 is 6.36 Å². The van der Waals surface area contributed by atoms with Gasteiger partial charge in [-0.2, -0.15) is 0 Å². The van der Waals surface area contributed by atoms with Crippen molar-refractivity contribution in [1.29, 1.82) is 0 Å². The monoisotopic (exact) mass is 364 g/mol. The molecule has 6 heteroatoms. The van der Waals surface area contributed by atoms with E-state index in [0.29, 0.717) is 10.4 Å². The van der Waals surface area contributed by atoms with E-state index in [1.807, 2.05) is 6.07 Å². The molecule has 0 spiro atoms. The van der Waals surface area contributed by atoms with Gasteiger partial charge in [0.05, 0.1) is 0 Å². The second-order valence-electron chi connectivity index (χ2n) is 3.97. The van der Waals surface area contributed by atoms with E-state index in [0.717, 1.165) is 16.7 Å². The number of hydrogen-bond donors (Lipinski definition) is 0. The third-order valence-corrected chi connectivity index (χ3v) is 3.57. The van der Waals surface area contributed by atoms with Gasteiger partial charge in [0.25, 0.3) is 0 Å². The van der Waals surface area contributed by atoms with Gasteiger partial charge in [-0.1, -0.05) is 51.8 Å². The molecular weight excluding hydrogens is 357 g/mol. The van der Waals surface area contributed by atoms with E-state index in [1.165, 1.54) is 12.1 Å². The molecule has 0 aliphatic carbocycles. The Morgan fingerprint density at radius 1 is 1.05 bits per heavy atom. The van der Waals surface area contributed by atoms with Crippen molar-refractivity contribution < 1.29 is 17.9 Å². The van der Waals surface area contributed by atoms with Crippen LogP contribution in [0, 0.1) is 0 Å². The van der Waals surface area contributed by atoms with Crippen LogP contribution < -0.4 is 4.74 Å². The van der Waals surface area contributed by atoms with Crippen molar-refractivity contribution in [2.45, 2.75) is 11.7 Å².